The number of nitriles is 1. The number of aliphatic carboxylic acids is 2. The molecule has 202 valence electrons. The molecule has 0 fully saturated rings. The molecule has 1 rings (SSSR count). The molecule has 0 aliphatic heterocycles. The first kappa shape index (κ1) is 38.9. The van der Waals surface area contributed by atoms with E-state index in [1.807, 2.05) is 56.6 Å². The van der Waals surface area contributed by atoms with Crippen LogP contribution in [0.15, 0.2) is 12.1 Å². The summed E-state index contributed by atoms with van der Waals surface area (Å²) in [6.07, 6.45) is 11.8. The number of nitrogens with zero attached hydrogens (tertiary/aromatic N) is 1. The lowest BCUT2D eigenvalue weighted by atomic mass is 10.1. The Morgan fingerprint density at radius 2 is 1.54 bits per heavy atom. The van der Waals surface area contributed by atoms with Crippen LogP contribution in [0, 0.1) is 18.5 Å². The van der Waals surface area contributed by atoms with Gasteiger partial charge in [0.05, 0.1) is 50.4 Å². The number of hydrogen-bond acceptors (Lipinski definition) is 7. The monoisotopic (exact) mass is 760 g/mol. The quantitative estimate of drug-likeness (QED) is 0.102. The fourth-order valence-electron chi connectivity index (χ4n) is 1.81. The first-order valence-electron chi connectivity index (χ1n) is 10.3. The summed E-state index contributed by atoms with van der Waals surface area (Å²) in [7, 11) is -3.71. The van der Waals surface area contributed by atoms with Crippen LogP contribution in [-0.4, -0.2) is 63.7 Å². The van der Waals surface area contributed by atoms with E-state index in [-0.39, 0.29) is 5.75 Å². The second kappa shape index (κ2) is 23.7. The van der Waals surface area contributed by atoms with Gasteiger partial charge in [-0.25, -0.2) is 0 Å². The molecule has 14 heteroatoms. The topological polar surface area (TPSA) is 191 Å². The molecule has 0 aliphatic carbocycles. The van der Waals surface area contributed by atoms with Crippen molar-refractivity contribution in [2.24, 2.45) is 0 Å². The van der Waals surface area contributed by atoms with Gasteiger partial charge >= 0.3 is 11.9 Å². The fourth-order valence-corrected chi connectivity index (χ4v) is 3.98. The van der Waals surface area contributed by atoms with Crippen LogP contribution in [0.3, 0.4) is 0 Å². The molecule has 0 saturated carbocycles. The number of rotatable bonds is 10. The minimum atomic E-state index is -4.35. The van der Waals surface area contributed by atoms with Crippen molar-refractivity contribution in [3.05, 3.63) is 24.8 Å². The second-order valence-electron chi connectivity index (χ2n) is 7.30. The Labute approximate surface area is 237 Å². The van der Waals surface area contributed by atoms with Gasteiger partial charge in [-0.1, -0.05) is 32.6 Å². The van der Waals surface area contributed by atoms with Crippen molar-refractivity contribution in [3.63, 3.8) is 0 Å². The van der Waals surface area contributed by atoms with E-state index in [2.05, 4.69) is 25.7 Å². The summed E-state index contributed by atoms with van der Waals surface area (Å²) in [5.74, 6) is -1.59. The van der Waals surface area contributed by atoms with Gasteiger partial charge < -0.3 is 29.7 Å². The van der Waals surface area contributed by atoms with Gasteiger partial charge in [0.25, 0.3) is 0 Å². The molecular formula is C21H35I2N2O8PS. The van der Waals surface area contributed by atoms with Crippen LogP contribution in [0.5, 0.6) is 5.75 Å². The average molecular weight is 760 g/mol. The molecule has 0 radical (unpaired) electrons. The summed E-state index contributed by atoms with van der Waals surface area (Å²) in [4.78, 5) is 37.8. The molecule has 35 heavy (non-hydrogen) atoms. The zero-order valence-electron chi connectivity index (χ0n) is 20.3. The van der Waals surface area contributed by atoms with Gasteiger partial charge in [0, 0.05) is 6.42 Å². The minimum absolute atomic E-state index is 0.255. The number of hydrogen-bond donors (Lipinski definition) is 5. The summed E-state index contributed by atoms with van der Waals surface area (Å²) in [6.45, 7) is 1.67. The molecule has 0 bridgehead atoms. The Balaban J connectivity index is -0.000000408. The third-order valence-electron chi connectivity index (χ3n) is 3.23. The Bertz CT molecular complexity index is 806. The maximum Gasteiger partial charge on any atom is 0.317 e. The lowest BCUT2D eigenvalue weighted by Crippen LogP contribution is -2.25. The number of halogens is 2. The second-order valence-corrected chi connectivity index (χ2v) is 13.7. The third-order valence-corrected chi connectivity index (χ3v) is 5.50. The van der Waals surface area contributed by atoms with Crippen molar-refractivity contribution in [2.75, 3.05) is 31.6 Å². The molecule has 0 amide bonds. The number of phenolic OH excluding ortho intramolecular Hbond substituents is 1. The van der Waals surface area contributed by atoms with Crippen LogP contribution < -0.4 is 10.2 Å². The molecule has 0 spiro atoms. The van der Waals surface area contributed by atoms with Gasteiger partial charge in [0.1, 0.15) is 13.3 Å². The summed E-state index contributed by atoms with van der Waals surface area (Å²) >= 11 is 3.99. The smallest absolute Gasteiger partial charge is 0.317 e. The van der Waals surface area contributed by atoms with E-state index < -0.39 is 32.4 Å². The molecule has 0 heterocycles. The van der Waals surface area contributed by atoms with E-state index in [4.69, 9.17) is 20.4 Å². The lowest BCUT2D eigenvalue weighted by Gasteiger charge is -2.14. The highest BCUT2D eigenvalue weighted by Crippen LogP contribution is 2.27. The first-order chi connectivity index (χ1) is 16.1. The molecule has 1 unspecified atom stereocenters. The standard InChI is InChI=1S/C8H16O2.C7H3I2NO.C3H8NO5P.C3H9S/c1-2-3-4-5-6-7-8(9)10;8-5-1-4(3-10)2-6(9)7(5)11;5-3(6)1-4-2-10(7,8)9;1-4(2)3/h2-7H2,1H3,(H,9,10);1-2,11H;4H,1-2H2,(H,5,6)(H2,7,8,9);1-3H3/q;;;+1/p-1. The van der Waals surface area contributed by atoms with Crippen molar-refractivity contribution in [1.82, 2.24) is 5.32 Å². The van der Waals surface area contributed by atoms with Crippen LogP contribution in [0.4, 0.5) is 0 Å². The Kier molecular flexibility index (Phi) is 26.4. The SMILES string of the molecule is CCCCCCCC(=O)O.C[S+](C)C.N#Cc1cc(I)c(O)c(I)c1.O=C(O)CNCP(=O)([O-])O. The van der Waals surface area contributed by atoms with E-state index in [0.717, 1.165) is 12.8 Å². The Hall–Kier alpha value is -0.630. The fraction of sp³-hybridized carbons (Fsp3) is 0.571. The zero-order valence-corrected chi connectivity index (χ0v) is 26.3. The number of unbranched alkanes of at least 4 members (excludes halogenated alkanes) is 4. The van der Waals surface area contributed by atoms with Crippen LogP contribution in [0.2, 0.25) is 0 Å². The largest absolute Gasteiger partial charge is 0.778 e. The van der Waals surface area contributed by atoms with Gasteiger partial charge in [0.15, 0.2) is 0 Å². The summed E-state index contributed by atoms with van der Waals surface area (Å²) < 4.78 is 11.4. The number of carbonyl (C=O) groups is 2. The molecule has 0 saturated heterocycles. The molecule has 5 N–H and O–H groups in total. The van der Waals surface area contributed by atoms with E-state index in [1.54, 1.807) is 12.1 Å². The van der Waals surface area contributed by atoms with E-state index >= 15 is 0 Å². The minimum Gasteiger partial charge on any atom is -0.778 e. The highest BCUT2D eigenvalue weighted by molar-refractivity contribution is 14.1. The number of benzene rings is 1. The highest BCUT2D eigenvalue weighted by Gasteiger charge is 2.04. The van der Waals surface area contributed by atoms with E-state index in [1.165, 1.54) is 19.3 Å². The zero-order chi connectivity index (χ0) is 28.0. The van der Waals surface area contributed by atoms with E-state index in [0.29, 0.717) is 30.0 Å². The van der Waals surface area contributed by atoms with Crippen LogP contribution in [0.1, 0.15) is 51.0 Å². The molecule has 0 aromatic heterocycles. The van der Waals surface area contributed by atoms with Gasteiger partial charge in [-0.05, 0) is 74.6 Å². The predicted molar refractivity (Wildman–Crippen MR) is 155 cm³/mol. The van der Waals surface area contributed by atoms with Crippen LogP contribution in [0.25, 0.3) is 0 Å². The van der Waals surface area contributed by atoms with Gasteiger partial charge in [-0.2, -0.15) is 5.26 Å². The van der Waals surface area contributed by atoms with Crippen molar-refractivity contribution < 1.29 is 39.3 Å². The Morgan fingerprint density at radius 3 is 1.89 bits per heavy atom. The molecule has 0 aliphatic rings. The van der Waals surface area contributed by atoms with E-state index in [9.17, 15) is 24.2 Å². The van der Waals surface area contributed by atoms with Crippen LogP contribution >= 0.6 is 52.8 Å². The number of nitrogens with one attached hydrogen (secondary N) is 1. The molecule has 1 aromatic rings. The predicted octanol–water partition coefficient (Wildman–Crippen LogP) is 3.56. The summed E-state index contributed by atoms with van der Waals surface area (Å²) in [5.41, 5.74) is 0.580. The summed E-state index contributed by atoms with van der Waals surface area (Å²) in [6, 6.07) is 5.32. The van der Waals surface area contributed by atoms with Crippen LogP contribution in [-0.2, 0) is 25.0 Å². The van der Waals surface area contributed by atoms with Gasteiger partial charge in [-0.3, -0.25) is 14.9 Å². The van der Waals surface area contributed by atoms with Crippen molar-refractivity contribution in [1.29, 1.82) is 5.26 Å². The average Bonchev–Trinajstić information content (AvgIpc) is 2.70. The van der Waals surface area contributed by atoms with Crippen molar-refractivity contribution in [2.45, 2.75) is 45.4 Å². The number of carboxylic acid groups (broad SMARTS) is 2. The maximum absolute atomic E-state index is 10.0. The third kappa shape index (κ3) is 33.4. The van der Waals surface area contributed by atoms with Crippen molar-refractivity contribution >= 4 is 75.6 Å². The molecule has 10 nitrogen and oxygen atoms in total. The normalized spacial score (nSPS) is 11.3. The maximum atomic E-state index is 10.0. The number of carboxylic acids is 2. The Morgan fingerprint density at radius 1 is 1.09 bits per heavy atom. The lowest BCUT2D eigenvalue weighted by molar-refractivity contribution is -0.193. The molecule has 1 atom stereocenters. The number of phenols is 1. The highest BCUT2D eigenvalue weighted by atomic mass is 127. The molecule has 1 aromatic carbocycles. The number of aromatic hydroxyl groups is 1. The first-order valence-corrected chi connectivity index (χ1v) is 16.7. The summed E-state index contributed by atoms with van der Waals surface area (Å²) in [5, 5.41) is 36.1. The van der Waals surface area contributed by atoms with Gasteiger partial charge in [0.2, 0.25) is 0 Å². The van der Waals surface area contributed by atoms with Gasteiger partial charge in [-0.15, -0.1) is 0 Å². The van der Waals surface area contributed by atoms with Crippen molar-refractivity contribution in [3.8, 4) is 11.8 Å². The molecular weight excluding hydrogens is 725 g/mol.